The summed E-state index contributed by atoms with van der Waals surface area (Å²) in [6, 6.07) is 7.16. The number of thiazole rings is 1. The second-order valence-corrected chi connectivity index (χ2v) is 4.87. The van der Waals surface area contributed by atoms with Gasteiger partial charge in [-0.15, -0.1) is 11.3 Å². The predicted octanol–water partition coefficient (Wildman–Crippen LogP) is 3.48. The Balaban J connectivity index is 2.05. The van der Waals surface area contributed by atoms with Crippen LogP contribution < -0.4 is 0 Å². The number of aromatic nitrogens is 2. The zero-order valence-electron chi connectivity index (χ0n) is 9.62. The summed E-state index contributed by atoms with van der Waals surface area (Å²) in [5, 5.41) is 14.3. The predicted molar refractivity (Wildman–Crippen MR) is 69.4 cm³/mol. The van der Waals surface area contributed by atoms with E-state index in [2.05, 4.69) is 10.1 Å². The van der Waals surface area contributed by atoms with Gasteiger partial charge in [0.25, 0.3) is 0 Å². The normalized spacial score (nSPS) is 10.7. The lowest BCUT2D eigenvalue weighted by molar-refractivity contribution is 0.398. The average Bonchev–Trinajstić information content (AvgIpc) is 2.98. The SMILES string of the molecule is Cc1oncc1-c1cnc(-c2ccccc2O)s1. The van der Waals surface area contributed by atoms with Crippen LogP contribution in [-0.2, 0) is 0 Å². The maximum absolute atomic E-state index is 9.79. The van der Waals surface area contributed by atoms with Crippen LogP contribution in [0.5, 0.6) is 5.75 Å². The zero-order valence-corrected chi connectivity index (χ0v) is 10.4. The van der Waals surface area contributed by atoms with E-state index in [1.165, 1.54) is 11.3 Å². The molecule has 0 spiro atoms. The number of para-hydroxylation sites is 1. The maximum Gasteiger partial charge on any atom is 0.142 e. The van der Waals surface area contributed by atoms with Gasteiger partial charge in [-0.1, -0.05) is 17.3 Å². The summed E-state index contributed by atoms with van der Waals surface area (Å²) < 4.78 is 5.04. The summed E-state index contributed by atoms with van der Waals surface area (Å²) in [5.74, 6) is 1.00. The van der Waals surface area contributed by atoms with Crippen LogP contribution in [0, 0.1) is 6.92 Å². The summed E-state index contributed by atoms with van der Waals surface area (Å²) in [7, 11) is 0. The molecule has 0 amide bonds. The molecular formula is C13H10N2O2S. The van der Waals surface area contributed by atoms with Gasteiger partial charge in [0, 0.05) is 6.20 Å². The van der Waals surface area contributed by atoms with Crippen molar-refractivity contribution in [2.24, 2.45) is 0 Å². The van der Waals surface area contributed by atoms with Crippen LogP contribution in [-0.4, -0.2) is 15.2 Å². The van der Waals surface area contributed by atoms with Gasteiger partial charge in [0.05, 0.1) is 22.2 Å². The van der Waals surface area contributed by atoms with Crippen LogP contribution in [0.2, 0.25) is 0 Å². The monoisotopic (exact) mass is 258 g/mol. The molecule has 0 atom stereocenters. The lowest BCUT2D eigenvalue weighted by atomic mass is 10.2. The fourth-order valence-corrected chi connectivity index (χ4v) is 2.72. The molecule has 90 valence electrons. The molecule has 0 aliphatic heterocycles. The van der Waals surface area contributed by atoms with Gasteiger partial charge in [0.15, 0.2) is 0 Å². The van der Waals surface area contributed by atoms with Crippen LogP contribution in [0.3, 0.4) is 0 Å². The molecular weight excluding hydrogens is 248 g/mol. The largest absolute Gasteiger partial charge is 0.507 e. The van der Waals surface area contributed by atoms with Gasteiger partial charge in [0.2, 0.25) is 0 Å². The molecule has 2 aromatic heterocycles. The van der Waals surface area contributed by atoms with Crippen LogP contribution in [0.4, 0.5) is 0 Å². The van der Waals surface area contributed by atoms with E-state index in [4.69, 9.17) is 4.52 Å². The molecule has 0 saturated carbocycles. The molecule has 3 aromatic rings. The highest BCUT2D eigenvalue weighted by Gasteiger charge is 2.12. The number of hydrogen-bond donors (Lipinski definition) is 1. The Bertz CT molecular complexity index is 688. The van der Waals surface area contributed by atoms with E-state index in [1.807, 2.05) is 19.1 Å². The van der Waals surface area contributed by atoms with Gasteiger partial charge in [-0.05, 0) is 19.1 Å². The molecule has 0 fully saturated rings. The minimum Gasteiger partial charge on any atom is -0.507 e. The van der Waals surface area contributed by atoms with E-state index in [0.717, 1.165) is 26.8 Å². The van der Waals surface area contributed by atoms with Crippen molar-refractivity contribution < 1.29 is 9.63 Å². The molecule has 18 heavy (non-hydrogen) atoms. The fourth-order valence-electron chi connectivity index (χ4n) is 1.71. The third-order valence-corrected chi connectivity index (χ3v) is 3.72. The Morgan fingerprint density at radius 3 is 2.72 bits per heavy atom. The van der Waals surface area contributed by atoms with Crippen molar-refractivity contribution in [1.29, 1.82) is 0 Å². The Morgan fingerprint density at radius 2 is 2.00 bits per heavy atom. The van der Waals surface area contributed by atoms with Crippen molar-refractivity contribution in [3.8, 4) is 26.8 Å². The van der Waals surface area contributed by atoms with Gasteiger partial charge in [-0.2, -0.15) is 0 Å². The summed E-state index contributed by atoms with van der Waals surface area (Å²) in [6.45, 7) is 1.86. The highest BCUT2D eigenvalue weighted by atomic mass is 32.1. The Hall–Kier alpha value is -2.14. The number of aryl methyl sites for hydroxylation is 1. The summed E-state index contributed by atoms with van der Waals surface area (Å²) in [5.41, 5.74) is 1.68. The van der Waals surface area contributed by atoms with E-state index in [1.54, 1.807) is 24.5 Å². The molecule has 0 aliphatic carbocycles. The first-order valence-corrected chi connectivity index (χ1v) is 6.23. The van der Waals surface area contributed by atoms with E-state index in [-0.39, 0.29) is 5.75 Å². The molecule has 0 aliphatic rings. The lowest BCUT2D eigenvalue weighted by Crippen LogP contribution is -1.75. The molecule has 0 unspecified atom stereocenters. The first kappa shape index (κ1) is 11.0. The average molecular weight is 258 g/mol. The van der Waals surface area contributed by atoms with Crippen molar-refractivity contribution >= 4 is 11.3 Å². The molecule has 1 N–H and O–H groups in total. The highest BCUT2D eigenvalue weighted by Crippen LogP contribution is 2.36. The van der Waals surface area contributed by atoms with Gasteiger partial charge in [0.1, 0.15) is 16.5 Å². The summed E-state index contributed by atoms with van der Waals surface area (Å²) >= 11 is 1.50. The summed E-state index contributed by atoms with van der Waals surface area (Å²) in [4.78, 5) is 5.31. The molecule has 0 saturated heterocycles. The molecule has 0 bridgehead atoms. The second kappa shape index (κ2) is 4.27. The van der Waals surface area contributed by atoms with E-state index >= 15 is 0 Å². The van der Waals surface area contributed by atoms with Gasteiger partial charge < -0.3 is 9.63 Å². The Kier molecular flexibility index (Phi) is 2.60. The molecule has 1 aromatic carbocycles. The Morgan fingerprint density at radius 1 is 1.17 bits per heavy atom. The van der Waals surface area contributed by atoms with E-state index in [9.17, 15) is 5.11 Å². The first-order valence-electron chi connectivity index (χ1n) is 5.41. The van der Waals surface area contributed by atoms with Gasteiger partial charge >= 0.3 is 0 Å². The van der Waals surface area contributed by atoms with Crippen molar-refractivity contribution in [2.75, 3.05) is 0 Å². The topological polar surface area (TPSA) is 59.2 Å². The third-order valence-electron chi connectivity index (χ3n) is 2.66. The van der Waals surface area contributed by atoms with Crippen molar-refractivity contribution in [3.63, 3.8) is 0 Å². The summed E-state index contributed by atoms with van der Waals surface area (Å²) in [6.07, 6.45) is 3.45. The smallest absolute Gasteiger partial charge is 0.142 e. The van der Waals surface area contributed by atoms with Crippen LogP contribution in [0.25, 0.3) is 21.0 Å². The zero-order chi connectivity index (χ0) is 12.5. The van der Waals surface area contributed by atoms with Crippen molar-refractivity contribution in [1.82, 2.24) is 10.1 Å². The number of benzene rings is 1. The van der Waals surface area contributed by atoms with Gasteiger partial charge in [-0.25, -0.2) is 4.98 Å². The molecule has 0 radical (unpaired) electrons. The quantitative estimate of drug-likeness (QED) is 0.764. The van der Waals surface area contributed by atoms with Crippen molar-refractivity contribution in [2.45, 2.75) is 6.92 Å². The highest BCUT2D eigenvalue weighted by molar-refractivity contribution is 7.18. The van der Waals surface area contributed by atoms with Crippen molar-refractivity contribution in [3.05, 3.63) is 42.4 Å². The standard InChI is InChI=1S/C13H10N2O2S/c1-8-10(6-15-17-8)12-7-14-13(18-12)9-4-2-3-5-11(9)16/h2-7,16H,1H3. The van der Waals surface area contributed by atoms with Crippen LogP contribution >= 0.6 is 11.3 Å². The maximum atomic E-state index is 9.79. The number of rotatable bonds is 2. The lowest BCUT2D eigenvalue weighted by Gasteiger charge is -1.98. The van der Waals surface area contributed by atoms with E-state index < -0.39 is 0 Å². The molecule has 2 heterocycles. The fraction of sp³-hybridized carbons (Fsp3) is 0.0769. The number of hydrogen-bond acceptors (Lipinski definition) is 5. The minimum atomic E-state index is 0.237. The second-order valence-electron chi connectivity index (χ2n) is 3.84. The number of aromatic hydroxyl groups is 1. The molecule has 5 heteroatoms. The number of phenols is 1. The van der Waals surface area contributed by atoms with Crippen LogP contribution in [0.15, 0.2) is 41.2 Å². The third kappa shape index (κ3) is 1.78. The Labute approximate surface area is 108 Å². The molecule has 3 rings (SSSR count). The molecule has 4 nitrogen and oxygen atoms in total. The van der Waals surface area contributed by atoms with Crippen LogP contribution in [0.1, 0.15) is 5.76 Å². The minimum absolute atomic E-state index is 0.237. The number of nitrogens with zero attached hydrogens (tertiary/aromatic N) is 2. The van der Waals surface area contributed by atoms with Gasteiger partial charge in [-0.3, -0.25) is 0 Å². The first-order chi connectivity index (χ1) is 8.75. The van der Waals surface area contributed by atoms with E-state index in [0.29, 0.717) is 0 Å². The number of phenolic OH excluding ortho intramolecular Hbond substituents is 1.